The number of aliphatic carboxylic acids is 1. The molecule has 25 heavy (non-hydrogen) atoms. The van der Waals surface area contributed by atoms with Gasteiger partial charge in [-0.3, -0.25) is 14.3 Å². The first-order valence-electron chi connectivity index (χ1n) is 9.01. The molecule has 1 aromatic rings. The Kier molecular flexibility index (Phi) is 6.21. The standard InChI is InChI=1S/C18H30N4O3/c1-5-7-18(17(24)25)8-6-9-21(13-18)16(23)15-12-14(2)19-22(15)11-10-20(3)4/h12H,5-11,13H2,1-4H3,(H,24,25)/t18-/m1/s1. The molecule has 1 aliphatic heterocycles. The minimum atomic E-state index is -0.813. The number of likely N-dealkylation sites (tertiary alicyclic amines) is 1. The summed E-state index contributed by atoms with van der Waals surface area (Å²) in [4.78, 5) is 28.7. The summed E-state index contributed by atoms with van der Waals surface area (Å²) in [7, 11) is 3.96. The number of aromatic nitrogens is 2. The summed E-state index contributed by atoms with van der Waals surface area (Å²) < 4.78 is 1.74. The summed E-state index contributed by atoms with van der Waals surface area (Å²) in [6.07, 6.45) is 2.76. The average molecular weight is 350 g/mol. The smallest absolute Gasteiger partial charge is 0.311 e. The van der Waals surface area contributed by atoms with E-state index in [1.165, 1.54) is 0 Å². The Bertz CT molecular complexity index is 622. The van der Waals surface area contributed by atoms with Gasteiger partial charge in [-0.1, -0.05) is 13.3 Å². The van der Waals surface area contributed by atoms with Crippen molar-refractivity contribution < 1.29 is 14.7 Å². The molecule has 1 aliphatic rings. The topological polar surface area (TPSA) is 78.7 Å². The highest BCUT2D eigenvalue weighted by molar-refractivity contribution is 5.93. The normalized spacial score (nSPS) is 20.9. The van der Waals surface area contributed by atoms with Crippen LogP contribution in [0.1, 0.15) is 48.8 Å². The number of hydrogen-bond donors (Lipinski definition) is 1. The van der Waals surface area contributed by atoms with Gasteiger partial charge >= 0.3 is 5.97 Å². The minimum Gasteiger partial charge on any atom is -0.481 e. The summed E-state index contributed by atoms with van der Waals surface area (Å²) >= 11 is 0. The van der Waals surface area contributed by atoms with E-state index in [1.54, 1.807) is 15.6 Å². The Balaban J connectivity index is 2.21. The highest BCUT2D eigenvalue weighted by Gasteiger charge is 2.43. The summed E-state index contributed by atoms with van der Waals surface area (Å²) in [5, 5.41) is 14.2. The molecule has 1 saturated heterocycles. The summed E-state index contributed by atoms with van der Waals surface area (Å²) in [5.41, 5.74) is 0.542. The molecular weight excluding hydrogens is 320 g/mol. The third kappa shape index (κ3) is 4.39. The van der Waals surface area contributed by atoms with Gasteiger partial charge in [0.05, 0.1) is 17.7 Å². The second-order valence-electron chi connectivity index (χ2n) is 7.36. The Morgan fingerprint density at radius 2 is 2.12 bits per heavy atom. The maximum absolute atomic E-state index is 13.1. The molecule has 1 aromatic heterocycles. The van der Waals surface area contributed by atoms with Crippen molar-refractivity contribution in [1.29, 1.82) is 0 Å². The molecule has 7 heteroatoms. The van der Waals surface area contributed by atoms with E-state index < -0.39 is 11.4 Å². The number of carboxylic acid groups (broad SMARTS) is 1. The maximum Gasteiger partial charge on any atom is 0.311 e. The summed E-state index contributed by atoms with van der Waals surface area (Å²) in [5.74, 6) is -0.898. The Morgan fingerprint density at radius 1 is 1.40 bits per heavy atom. The van der Waals surface area contributed by atoms with Crippen molar-refractivity contribution in [1.82, 2.24) is 19.6 Å². The molecule has 0 aliphatic carbocycles. The van der Waals surface area contributed by atoms with E-state index in [4.69, 9.17) is 0 Å². The van der Waals surface area contributed by atoms with E-state index in [9.17, 15) is 14.7 Å². The number of hydrogen-bond acceptors (Lipinski definition) is 4. The van der Waals surface area contributed by atoms with Crippen LogP contribution in [0, 0.1) is 12.3 Å². The average Bonchev–Trinajstić information content (AvgIpc) is 2.93. The quantitative estimate of drug-likeness (QED) is 0.812. The third-order valence-corrected chi connectivity index (χ3v) is 4.93. The van der Waals surface area contributed by atoms with Crippen LogP contribution in [0.4, 0.5) is 0 Å². The Labute approximate surface area is 149 Å². The van der Waals surface area contributed by atoms with E-state index >= 15 is 0 Å². The SMILES string of the molecule is CCC[C@@]1(C(=O)O)CCCN(C(=O)c2cc(C)nn2CCN(C)C)C1. The molecule has 140 valence electrons. The lowest BCUT2D eigenvalue weighted by atomic mass is 9.76. The van der Waals surface area contributed by atoms with Crippen LogP contribution in [0.15, 0.2) is 6.07 Å². The minimum absolute atomic E-state index is 0.110. The van der Waals surface area contributed by atoms with Crippen LogP contribution in [0.25, 0.3) is 0 Å². The zero-order valence-corrected chi connectivity index (χ0v) is 15.8. The molecule has 0 bridgehead atoms. The fourth-order valence-electron chi connectivity index (χ4n) is 3.61. The van der Waals surface area contributed by atoms with Crippen LogP contribution < -0.4 is 0 Å². The number of rotatable bonds is 7. The van der Waals surface area contributed by atoms with Crippen LogP contribution in [0.5, 0.6) is 0 Å². The zero-order chi connectivity index (χ0) is 18.6. The largest absolute Gasteiger partial charge is 0.481 e. The number of amides is 1. The molecule has 1 fully saturated rings. The van der Waals surface area contributed by atoms with Gasteiger partial charge in [-0.2, -0.15) is 5.10 Å². The molecule has 0 radical (unpaired) electrons. The maximum atomic E-state index is 13.1. The highest BCUT2D eigenvalue weighted by Crippen LogP contribution is 2.35. The van der Waals surface area contributed by atoms with E-state index in [-0.39, 0.29) is 12.5 Å². The van der Waals surface area contributed by atoms with Gasteiger partial charge < -0.3 is 14.9 Å². The Morgan fingerprint density at radius 3 is 2.72 bits per heavy atom. The molecule has 2 heterocycles. The van der Waals surface area contributed by atoms with Gasteiger partial charge in [0.25, 0.3) is 5.91 Å². The van der Waals surface area contributed by atoms with Gasteiger partial charge in [0.2, 0.25) is 0 Å². The lowest BCUT2D eigenvalue weighted by Gasteiger charge is -2.39. The Hall–Kier alpha value is -1.89. The van der Waals surface area contributed by atoms with Gasteiger partial charge in [-0.05, 0) is 46.3 Å². The van der Waals surface area contributed by atoms with Crippen molar-refractivity contribution >= 4 is 11.9 Å². The van der Waals surface area contributed by atoms with Gasteiger partial charge in [0.1, 0.15) is 5.69 Å². The second-order valence-corrected chi connectivity index (χ2v) is 7.36. The van der Waals surface area contributed by atoms with Gasteiger partial charge in [-0.25, -0.2) is 0 Å². The lowest BCUT2D eigenvalue weighted by molar-refractivity contribution is -0.152. The molecule has 0 unspecified atom stereocenters. The molecule has 1 atom stereocenters. The van der Waals surface area contributed by atoms with Crippen molar-refractivity contribution in [3.8, 4) is 0 Å². The third-order valence-electron chi connectivity index (χ3n) is 4.93. The number of aryl methyl sites for hydroxylation is 1. The molecule has 1 N–H and O–H groups in total. The number of likely N-dealkylation sites (N-methyl/N-ethyl adjacent to an activating group) is 1. The van der Waals surface area contributed by atoms with Crippen LogP contribution in [0.3, 0.4) is 0 Å². The molecule has 2 rings (SSSR count). The number of carbonyl (C=O) groups is 2. The summed E-state index contributed by atoms with van der Waals surface area (Å²) in [6, 6.07) is 1.80. The molecule has 0 spiro atoms. The fourth-order valence-corrected chi connectivity index (χ4v) is 3.61. The molecule has 0 saturated carbocycles. The van der Waals surface area contributed by atoms with E-state index in [0.717, 1.165) is 25.1 Å². The monoisotopic (exact) mass is 350 g/mol. The first kappa shape index (κ1) is 19.4. The van der Waals surface area contributed by atoms with Crippen molar-refractivity contribution in [2.75, 3.05) is 33.7 Å². The van der Waals surface area contributed by atoms with E-state index in [0.29, 0.717) is 31.6 Å². The predicted molar refractivity (Wildman–Crippen MR) is 95.6 cm³/mol. The van der Waals surface area contributed by atoms with Crippen LogP contribution in [-0.2, 0) is 11.3 Å². The fraction of sp³-hybridized carbons (Fsp3) is 0.722. The van der Waals surface area contributed by atoms with Gasteiger partial charge in [0, 0.05) is 19.6 Å². The number of carbonyl (C=O) groups excluding carboxylic acids is 1. The van der Waals surface area contributed by atoms with Crippen LogP contribution in [-0.4, -0.2) is 70.3 Å². The molecular formula is C18H30N4O3. The number of piperidine rings is 1. The van der Waals surface area contributed by atoms with Gasteiger partial charge in [0.15, 0.2) is 0 Å². The first-order chi connectivity index (χ1) is 11.8. The highest BCUT2D eigenvalue weighted by atomic mass is 16.4. The lowest BCUT2D eigenvalue weighted by Crippen LogP contribution is -2.50. The van der Waals surface area contributed by atoms with Crippen LogP contribution >= 0.6 is 0 Å². The second kappa shape index (κ2) is 7.99. The first-order valence-corrected chi connectivity index (χ1v) is 9.01. The van der Waals surface area contributed by atoms with E-state index in [2.05, 4.69) is 5.10 Å². The predicted octanol–water partition coefficient (Wildman–Crippen LogP) is 1.86. The molecule has 0 aromatic carbocycles. The molecule has 7 nitrogen and oxygen atoms in total. The van der Waals surface area contributed by atoms with Gasteiger partial charge in [-0.15, -0.1) is 0 Å². The number of nitrogens with zero attached hydrogens (tertiary/aromatic N) is 4. The summed E-state index contributed by atoms with van der Waals surface area (Å²) in [6.45, 7) is 6.18. The van der Waals surface area contributed by atoms with Crippen molar-refractivity contribution in [3.63, 3.8) is 0 Å². The van der Waals surface area contributed by atoms with E-state index in [1.807, 2.05) is 32.8 Å². The van der Waals surface area contributed by atoms with Crippen molar-refractivity contribution in [3.05, 3.63) is 17.5 Å². The molecule has 1 amide bonds. The van der Waals surface area contributed by atoms with Crippen molar-refractivity contribution in [2.24, 2.45) is 5.41 Å². The van der Waals surface area contributed by atoms with Crippen molar-refractivity contribution in [2.45, 2.75) is 46.1 Å². The zero-order valence-electron chi connectivity index (χ0n) is 15.8. The van der Waals surface area contributed by atoms with Crippen LogP contribution in [0.2, 0.25) is 0 Å². The number of carboxylic acids is 1.